The van der Waals surface area contributed by atoms with Crippen molar-refractivity contribution in [2.24, 2.45) is 0 Å². The maximum absolute atomic E-state index is 9.55. The first-order valence-corrected chi connectivity index (χ1v) is 18.8. The molecule has 2 heterocycles. The molecule has 1 aliphatic rings. The van der Waals surface area contributed by atoms with Gasteiger partial charge in [0, 0.05) is 26.8 Å². The molecule has 10 rings (SSSR count). The zero-order chi connectivity index (χ0) is 36.1. The van der Waals surface area contributed by atoms with E-state index in [-0.39, 0.29) is 0 Å². The van der Waals surface area contributed by atoms with Gasteiger partial charge in [0.15, 0.2) is 17.5 Å². The van der Waals surface area contributed by atoms with Crippen LogP contribution in [0, 0.1) is 11.3 Å². The van der Waals surface area contributed by atoms with E-state index in [0.29, 0.717) is 23.0 Å². The minimum absolute atomic E-state index is 0.604. The van der Waals surface area contributed by atoms with Crippen LogP contribution in [0.1, 0.15) is 27.8 Å². The molecule has 1 atom stereocenters. The van der Waals surface area contributed by atoms with Crippen molar-refractivity contribution in [3.05, 3.63) is 209 Å². The Morgan fingerprint density at radius 1 is 0.463 bits per heavy atom. The number of aromatic nitrogens is 3. The number of fused-ring (bicyclic) bond motifs is 5. The number of hydrogen-bond acceptors (Lipinski definition) is 5. The molecule has 0 amide bonds. The minimum Gasteiger partial charge on any atom is -0.208 e. The van der Waals surface area contributed by atoms with Crippen LogP contribution in [-0.2, 0) is 5.41 Å². The predicted molar refractivity (Wildman–Crippen MR) is 219 cm³/mol. The molecule has 0 spiro atoms. The summed E-state index contributed by atoms with van der Waals surface area (Å²) in [4.78, 5) is 14.9. The van der Waals surface area contributed by atoms with Crippen LogP contribution < -0.4 is 0 Å². The molecule has 0 bridgehead atoms. The lowest BCUT2D eigenvalue weighted by Crippen LogP contribution is -2.28. The average Bonchev–Trinajstić information content (AvgIpc) is 3.86. The lowest BCUT2D eigenvalue weighted by atomic mass is 9.67. The smallest absolute Gasteiger partial charge is 0.164 e. The lowest BCUT2D eigenvalue weighted by molar-refractivity contribution is 0.769. The van der Waals surface area contributed by atoms with Crippen molar-refractivity contribution in [1.82, 2.24) is 15.0 Å². The first-order chi connectivity index (χ1) is 26.7. The quantitative estimate of drug-likeness (QED) is 0.173. The van der Waals surface area contributed by atoms with E-state index in [1.54, 1.807) is 11.3 Å². The highest BCUT2D eigenvalue weighted by atomic mass is 32.1. The Morgan fingerprint density at radius 2 is 0.981 bits per heavy atom. The number of benzene rings is 7. The fraction of sp³-hybridized carbons (Fsp3) is 0.0204. The highest BCUT2D eigenvalue weighted by Crippen LogP contribution is 2.59. The Kier molecular flexibility index (Phi) is 7.57. The molecule has 4 nitrogen and oxygen atoms in total. The Bertz CT molecular complexity index is 2800. The maximum atomic E-state index is 9.55. The second-order valence-corrected chi connectivity index (χ2v) is 14.4. The summed E-state index contributed by atoms with van der Waals surface area (Å²) in [5.41, 5.74) is 12.5. The summed E-state index contributed by atoms with van der Waals surface area (Å²) in [6.07, 6.45) is 0. The molecule has 1 unspecified atom stereocenters. The number of rotatable bonds is 6. The van der Waals surface area contributed by atoms with Gasteiger partial charge in [-0.2, -0.15) is 5.26 Å². The summed E-state index contributed by atoms with van der Waals surface area (Å²) in [5, 5.41) is 13.0. The van der Waals surface area contributed by atoms with Crippen LogP contribution in [0.4, 0.5) is 0 Å². The van der Waals surface area contributed by atoms with Crippen LogP contribution in [0.15, 0.2) is 181 Å². The first kappa shape index (κ1) is 31.7. The summed E-state index contributed by atoms with van der Waals surface area (Å²) < 4.78 is 1.24. The molecular weight excluding hydrogens is 677 g/mol. The van der Waals surface area contributed by atoms with Gasteiger partial charge in [-0.3, -0.25) is 0 Å². The van der Waals surface area contributed by atoms with Crippen molar-refractivity contribution in [2.45, 2.75) is 5.41 Å². The van der Waals surface area contributed by atoms with Crippen molar-refractivity contribution in [3.63, 3.8) is 0 Å². The molecule has 7 aromatic carbocycles. The number of nitriles is 1. The van der Waals surface area contributed by atoms with Crippen LogP contribution in [0.2, 0.25) is 0 Å². The minimum atomic E-state index is -0.604. The summed E-state index contributed by atoms with van der Waals surface area (Å²) in [6.45, 7) is 0. The number of thiophene rings is 1. The highest BCUT2D eigenvalue weighted by molar-refractivity contribution is 7.17. The molecule has 1 aliphatic carbocycles. The third kappa shape index (κ3) is 5.00. The van der Waals surface area contributed by atoms with E-state index in [9.17, 15) is 5.26 Å². The maximum Gasteiger partial charge on any atom is 0.164 e. The fourth-order valence-corrected chi connectivity index (χ4v) is 9.06. The monoisotopic (exact) mass is 706 g/mol. The molecule has 5 heteroatoms. The summed E-state index contributed by atoms with van der Waals surface area (Å²) >= 11 is 1.77. The molecular formula is C49H30N4S. The van der Waals surface area contributed by atoms with E-state index in [1.165, 1.54) is 43.5 Å². The lowest BCUT2D eigenvalue weighted by Gasteiger charge is -2.34. The van der Waals surface area contributed by atoms with Crippen LogP contribution in [0.5, 0.6) is 0 Å². The van der Waals surface area contributed by atoms with Crippen molar-refractivity contribution in [3.8, 4) is 62.5 Å². The number of nitrogens with zero attached hydrogens (tertiary/aromatic N) is 4. The zero-order valence-corrected chi connectivity index (χ0v) is 29.8. The van der Waals surface area contributed by atoms with E-state index in [0.717, 1.165) is 27.8 Å². The molecule has 54 heavy (non-hydrogen) atoms. The van der Waals surface area contributed by atoms with Gasteiger partial charge in [0.25, 0.3) is 0 Å². The van der Waals surface area contributed by atoms with E-state index in [1.807, 2.05) is 72.8 Å². The van der Waals surface area contributed by atoms with Gasteiger partial charge in [-0.15, -0.1) is 11.3 Å². The normalized spacial score (nSPS) is 14.4. The Balaban J connectivity index is 1.20. The Hall–Kier alpha value is -7.00. The zero-order valence-electron chi connectivity index (χ0n) is 29.0. The molecule has 0 saturated carbocycles. The van der Waals surface area contributed by atoms with E-state index < -0.39 is 5.41 Å². The predicted octanol–water partition coefficient (Wildman–Crippen LogP) is 12.0. The van der Waals surface area contributed by atoms with Crippen LogP contribution in [-0.4, -0.2) is 15.0 Å². The van der Waals surface area contributed by atoms with E-state index >= 15 is 0 Å². The second-order valence-electron chi connectivity index (χ2n) is 13.5. The molecule has 0 aliphatic heterocycles. The standard InChI is InChI=1S/C49H30N4S/c50-31-32-20-22-33(23-21-32)41-30-43-44(40-28-29-54-45(40)41)39-18-10-11-19-42(39)49(43,37-16-8-3-9-17-37)38-26-24-36(25-27-38)48-52-46(34-12-4-1-5-13-34)51-47(53-48)35-14-6-2-7-15-35/h1-30H. The van der Waals surface area contributed by atoms with Gasteiger partial charge < -0.3 is 0 Å². The fourth-order valence-electron chi connectivity index (χ4n) is 8.12. The van der Waals surface area contributed by atoms with Gasteiger partial charge >= 0.3 is 0 Å². The van der Waals surface area contributed by atoms with Crippen LogP contribution >= 0.6 is 11.3 Å². The van der Waals surface area contributed by atoms with Gasteiger partial charge in [-0.25, -0.2) is 15.0 Å². The largest absolute Gasteiger partial charge is 0.208 e. The molecule has 252 valence electrons. The molecule has 0 fully saturated rings. The van der Waals surface area contributed by atoms with Gasteiger partial charge in [0.2, 0.25) is 0 Å². The molecule has 2 aromatic heterocycles. The molecule has 0 radical (unpaired) electrons. The summed E-state index contributed by atoms with van der Waals surface area (Å²) in [5.74, 6) is 1.90. The first-order valence-electron chi connectivity index (χ1n) is 17.9. The van der Waals surface area contributed by atoms with Gasteiger partial charge in [-0.1, -0.05) is 152 Å². The van der Waals surface area contributed by atoms with Crippen LogP contribution in [0.25, 0.3) is 66.5 Å². The third-order valence-electron chi connectivity index (χ3n) is 10.5. The average molecular weight is 707 g/mol. The molecule has 9 aromatic rings. The van der Waals surface area contributed by atoms with Gasteiger partial charge in [0.05, 0.1) is 17.0 Å². The van der Waals surface area contributed by atoms with Crippen molar-refractivity contribution in [2.75, 3.05) is 0 Å². The number of hydrogen-bond donors (Lipinski definition) is 0. The van der Waals surface area contributed by atoms with Gasteiger partial charge in [0.1, 0.15) is 0 Å². The summed E-state index contributed by atoms with van der Waals surface area (Å²) in [6, 6.07) is 63.6. The molecule has 0 N–H and O–H groups in total. The SMILES string of the molecule is N#Cc1ccc(-c2cc3c(c4ccsc24)-c2ccccc2C3(c2ccccc2)c2ccc(-c3nc(-c4ccccc4)nc(-c4ccccc4)n3)cc2)cc1. The van der Waals surface area contributed by atoms with Crippen molar-refractivity contribution < 1.29 is 0 Å². The topological polar surface area (TPSA) is 62.5 Å². The van der Waals surface area contributed by atoms with Crippen LogP contribution in [0.3, 0.4) is 0 Å². The summed E-state index contributed by atoms with van der Waals surface area (Å²) in [7, 11) is 0. The molecule has 0 saturated heterocycles. The van der Waals surface area contributed by atoms with Crippen molar-refractivity contribution in [1.29, 1.82) is 5.26 Å². The van der Waals surface area contributed by atoms with E-state index in [4.69, 9.17) is 15.0 Å². The third-order valence-corrected chi connectivity index (χ3v) is 11.5. The Morgan fingerprint density at radius 3 is 1.59 bits per heavy atom. The van der Waals surface area contributed by atoms with E-state index in [2.05, 4.69) is 115 Å². The highest BCUT2D eigenvalue weighted by Gasteiger charge is 2.47. The second kappa shape index (κ2) is 12.9. The Labute approximate surface area is 317 Å². The van der Waals surface area contributed by atoms with Gasteiger partial charge in [-0.05, 0) is 74.2 Å². The van der Waals surface area contributed by atoms with Crippen molar-refractivity contribution >= 4 is 21.4 Å².